The van der Waals surface area contributed by atoms with Crippen molar-refractivity contribution in [2.24, 2.45) is 0 Å². The molecule has 2 N–H and O–H groups in total. The van der Waals surface area contributed by atoms with Crippen molar-refractivity contribution in [2.45, 2.75) is 26.3 Å². The Morgan fingerprint density at radius 1 is 1.04 bits per heavy atom. The highest BCUT2D eigenvalue weighted by Crippen LogP contribution is 2.21. The Hall–Kier alpha value is -3.22. The quantitative estimate of drug-likeness (QED) is 0.749. The first kappa shape index (κ1) is 16.6. The van der Waals surface area contributed by atoms with E-state index < -0.39 is 6.04 Å². The summed E-state index contributed by atoms with van der Waals surface area (Å²) in [5.74, 6) is -0.300. The van der Waals surface area contributed by atoms with E-state index in [-0.39, 0.29) is 11.8 Å². The van der Waals surface area contributed by atoms with E-state index in [0.29, 0.717) is 17.8 Å². The average Bonchev–Trinajstić information content (AvgIpc) is 3.01. The van der Waals surface area contributed by atoms with E-state index >= 15 is 0 Å². The lowest BCUT2D eigenvalue weighted by atomic mass is 10.2. The molecule has 25 heavy (non-hydrogen) atoms. The number of para-hydroxylation sites is 1. The molecule has 1 atom stereocenters. The number of anilines is 2. The fraction of sp³-hybridized carbons (Fsp3) is 0.222. The summed E-state index contributed by atoms with van der Waals surface area (Å²) in [6.45, 7) is 3.38. The van der Waals surface area contributed by atoms with Gasteiger partial charge in [0.25, 0.3) is 0 Å². The lowest BCUT2D eigenvalue weighted by molar-refractivity contribution is -0.119. The second-order valence-electron chi connectivity index (χ2n) is 5.69. The molecule has 0 spiro atoms. The van der Waals surface area contributed by atoms with Crippen LogP contribution in [0.1, 0.15) is 26.3 Å². The summed E-state index contributed by atoms with van der Waals surface area (Å²) in [6.07, 6.45) is 0.586. The fourth-order valence-corrected chi connectivity index (χ4v) is 2.65. The Kier molecular flexibility index (Phi) is 4.74. The van der Waals surface area contributed by atoms with E-state index in [1.807, 2.05) is 31.2 Å². The summed E-state index contributed by atoms with van der Waals surface area (Å²) >= 11 is 0. The average molecular weight is 337 g/mol. The molecule has 0 bridgehead atoms. The Labute approximate surface area is 145 Å². The standard InChI is InChI=1S/C18H19N5O2/c1-3-16(23-17-7-5-4-6-15(17)21-22-23)18(25)20-14-10-8-13(9-11-14)19-12(2)24/h4-11,16H,3H2,1-2H3,(H,19,24)(H,20,25). The number of rotatable bonds is 5. The van der Waals surface area contributed by atoms with Gasteiger partial charge in [0.2, 0.25) is 11.8 Å². The molecule has 0 fully saturated rings. The zero-order valence-electron chi connectivity index (χ0n) is 14.1. The number of hydrogen-bond acceptors (Lipinski definition) is 4. The van der Waals surface area contributed by atoms with Crippen LogP contribution in [-0.2, 0) is 9.59 Å². The van der Waals surface area contributed by atoms with Gasteiger partial charge in [0.1, 0.15) is 11.6 Å². The molecular formula is C18H19N5O2. The first-order chi connectivity index (χ1) is 12.1. The third-order valence-electron chi connectivity index (χ3n) is 3.83. The molecule has 0 saturated heterocycles. The zero-order valence-corrected chi connectivity index (χ0v) is 14.1. The van der Waals surface area contributed by atoms with E-state index in [2.05, 4.69) is 20.9 Å². The lowest BCUT2D eigenvalue weighted by Crippen LogP contribution is -2.26. The molecular weight excluding hydrogens is 318 g/mol. The Balaban J connectivity index is 1.77. The van der Waals surface area contributed by atoms with Gasteiger partial charge in [-0.25, -0.2) is 4.68 Å². The van der Waals surface area contributed by atoms with E-state index in [1.54, 1.807) is 28.9 Å². The van der Waals surface area contributed by atoms with Gasteiger partial charge in [0.05, 0.1) is 5.52 Å². The first-order valence-electron chi connectivity index (χ1n) is 8.07. The summed E-state index contributed by atoms with van der Waals surface area (Å²) in [7, 11) is 0. The topological polar surface area (TPSA) is 88.9 Å². The number of benzene rings is 2. The highest BCUT2D eigenvalue weighted by atomic mass is 16.2. The van der Waals surface area contributed by atoms with Crippen LogP contribution in [0.4, 0.5) is 11.4 Å². The van der Waals surface area contributed by atoms with Crippen LogP contribution in [0.25, 0.3) is 11.0 Å². The van der Waals surface area contributed by atoms with Gasteiger partial charge in [-0.05, 0) is 42.8 Å². The SMILES string of the molecule is CCC(C(=O)Nc1ccc(NC(C)=O)cc1)n1nnc2ccccc21. The molecule has 7 nitrogen and oxygen atoms in total. The second-order valence-corrected chi connectivity index (χ2v) is 5.69. The van der Waals surface area contributed by atoms with Gasteiger partial charge in [0, 0.05) is 18.3 Å². The normalized spacial score (nSPS) is 11.9. The lowest BCUT2D eigenvalue weighted by Gasteiger charge is -2.16. The number of aromatic nitrogens is 3. The van der Waals surface area contributed by atoms with Crippen molar-refractivity contribution >= 4 is 34.2 Å². The minimum atomic E-state index is -0.456. The molecule has 0 aliphatic rings. The zero-order chi connectivity index (χ0) is 17.8. The highest BCUT2D eigenvalue weighted by Gasteiger charge is 2.21. The van der Waals surface area contributed by atoms with Crippen LogP contribution in [0.3, 0.4) is 0 Å². The maximum Gasteiger partial charge on any atom is 0.249 e. The maximum absolute atomic E-state index is 12.7. The number of nitrogens with one attached hydrogen (secondary N) is 2. The van der Waals surface area contributed by atoms with Gasteiger partial charge in [-0.15, -0.1) is 5.10 Å². The first-order valence-corrected chi connectivity index (χ1v) is 8.07. The van der Waals surface area contributed by atoms with Crippen molar-refractivity contribution < 1.29 is 9.59 Å². The Morgan fingerprint density at radius 2 is 1.68 bits per heavy atom. The summed E-state index contributed by atoms with van der Waals surface area (Å²) in [5.41, 5.74) is 2.92. The van der Waals surface area contributed by atoms with Gasteiger partial charge in [0.15, 0.2) is 0 Å². The molecule has 0 aliphatic carbocycles. The molecule has 1 heterocycles. The smallest absolute Gasteiger partial charge is 0.249 e. The number of carbonyl (C=O) groups is 2. The van der Waals surface area contributed by atoms with Gasteiger partial charge in [-0.1, -0.05) is 24.3 Å². The van der Waals surface area contributed by atoms with Crippen molar-refractivity contribution in [2.75, 3.05) is 10.6 Å². The summed E-state index contributed by atoms with van der Waals surface area (Å²) in [4.78, 5) is 23.7. The molecule has 7 heteroatoms. The molecule has 2 amide bonds. The number of amides is 2. The van der Waals surface area contributed by atoms with Crippen molar-refractivity contribution in [1.29, 1.82) is 0 Å². The fourth-order valence-electron chi connectivity index (χ4n) is 2.65. The largest absolute Gasteiger partial charge is 0.326 e. The van der Waals surface area contributed by atoms with Crippen molar-refractivity contribution in [3.05, 3.63) is 48.5 Å². The molecule has 3 rings (SSSR count). The van der Waals surface area contributed by atoms with Crippen molar-refractivity contribution in [1.82, 2.24) is 15.0 Å². The summed E-state index contributed by atoms with van der Waals surface area (Å²) in [5, 5.41) is 13.8. The van der Waals surface area contributed by atoms with Gasteiger partial charge in [-0.3, -0.25) is 9.59 Å². The van der Waals surface area contributed by atoms with Crippen LogP contribution in [0.5, 0.6) is 0 Å². The second kappa shape index (κ2) is 7.12. The van der Waals surface area contributed by atoms with E-state index in [4.69, 9.17) is 0 Å². The third kappa shape index (κ3) is 3.65. The van der Waals surface area contributed by atoms with Gasteiger partial charge in [-0.2, -0.15) is 0 Å². The molecule has 128 valence electrons. The van der Waals surface area contributed by atoms with Crippen LogP contribution < -0.4 is 10.6 Å². The monoisotopic (exact) mass is 337 g/mol. The van der Waals surface area contributed by atoms with Gasteiger partial charge < -0.3 is 10.6 Å². The Morgan fingerprint density at radius 3 is 2.32 bits per heavy atom. The summed E-state index contributed by atoms with van der Waals surface area (Å²) in [6, 6.07) is 14.1. The van der Waals surface area contributed by atoms with E-state index in [0.717, 1.165) is 11.0 Å². The number of hydrogen-bond donors (Lipinski definition) is 2. The van der Waals surface area contributed by atoms with Crippen LogP contribution in [0.15, 0.2) is 48.5 Å². The van der Waals surface area contributed by atoms with Crippen LogP contribution in [0, 0.1) is 0 Å². The Bertz CT molecular complexity index is 901. The molecule has 3 aromatic rings. The summed E-state index contributed by atoms with van der Waals surface area (Å²) < 4.78 is 1.65. The molecule has 0 aliphatic heterocycles. The van der Waals surface area contributed by atoms with Crippen molar-refractivity contribution in [3.63, 3.8) is 0 Å². The van der Waals surface area contributed by atoms with E-state index in [9.17, 15) is 9.59 Å². The molecule has 0 radical (unpaired) electrons. The minimum absolute atomic E-state index is 0.138. The highest BCUT2D eigenvalue weighted by molar-refractivity contribution is 5.95. The predicted molar refractivity (Wildman–Crippen MR) is 96.2 cm³/mol. The van der Waals surface area contributed by atoms with Crippen LogP contribution in [0.2, 0.25) is 0 Å². The number of nitrogens with zero attached hydrogens (tertiary/aromatic N) is 3. The molecule has 1 aromatic heterocycles. The van der Waals surface area contributed by atoms with E-state index in [1.165, 1.54) is 6.92 Å². The third-order valence-corrected chi connectivity index (χ3v) is 3.83. The van der Waals surface area contributed by atoms with Crippen molar-refractivity contribution in [3.8, 4) is 0 Å². The number of carbonyl (C=O) groups excluding carboxylic acids is 2. The minimum Gasteiger partial charge on any atom is -0.326 e. The van der Waals surface area contributed by atoms with Crippen LogP contribution in [-0.4, -0.2) is 26.8 Å². The molecule has 0 saturated carbocycles. The van der Waals surface area contributed by atoms with Gasteiger partial charge >= 0.3 is 0 Å². The maximum atomic E-state index is 12.7. The predicted octanol–water partition coefficient (Wildman–Crippen LogP) is 2.98. The van der Waals surface area contributed by atoms with Crippen LogP contribution >= 0.6 is 0 Å². The molecule has 1 unspecified atom stereocenters. The number of fused-ring (bicyclic) bond motifs is 1. The molecule has 2 aromatic carbocycles.